The van der Waals surface area contributed by atoms with Crippen molar-refractivity contribution in [3.8, 4) is 0 Å². The number of hydroxylamine groups is 2. The van der Waals surface area contributed by atoms with Crippen LogP contribution in [0.5, 0.6) is 0 Å². The molecule has 1 saturated heterocycles. The van der Waals surface area contributed by atoms with E-state index in [1.807, 2.05) is 18.2 Å². The van der Waals surface area contributed by atoms with Crippen LogP contribution in [0.15, 0.2) is 41.5 Å². The van der Waals surface area contributed by atoms with Crippen LogP contribution in [0.3, 0.4) is 0 Å². The van der Waals surface area contributed by atoms with Gasteiger partial charge in [0.05, 0.1) is 22.3 Å². The molecule has 10 heteroatoms. The summed E-state index contributed by atoms with van der Waals surface area (Å²) in [5.41, 5.74) is 1.10. The molecule has 0 amide bonds. The van der Waals surface area contributed by atoms with E-state index in [-0.39, 0.29) is 44.0 Å². The molecule has 0 saturated carbocycles. The smallest absolute Gasteiger partial charge is 0.223 e. The highest BCUT2D eigenvalue weighted by Gasteiger charge is 2.20. The fourth-order valence-electron chi connectivity index (χ4n) is 2.06. The van der Waals surface area contributed by atoms with E-state index in [1.54, 1.807) is 11.3 Å². The molecule has 25 heavy (non-hydrogen) atoms. The molecule has 136 valence electrons. The summed E-state index contributed by atoms with van der Waals surface area (Å²) in [6, 6.07) is 7.93. The molecular weight excluding hydrogens is 502 g/mol. The lowest BCUT2D eigenvalue weighted by atomic mass is 10.3. The maximum Gasteiger partial charge on any atom is 0.223 e. The van der Waals surface area contributed by atoms with Crippen molar-refractivity contribution in [1.82, 2.24) is 15.4 Å². The van der Waals surface area contributed by atoms with Crippen LogP contribution in [-0.4, -0.2) is 29.1 Å². The van der Waals surface area contributed by atoms with Gasteiger partial charge in [-0.2, -0.15) is 0 Å². The first-order valence-electron chi connectivity index (χ1n) is 6.91. The molecule has 0 spiro atoms. The molecule has 1 aliphatic rings. The van der Waals surface area contributed by atoms with Crippen LogP contribution in [0.25, 0.3) is 0 Å². The van der Waals surface area contributed by atoms with Gasteiger partial charge in [0.1, 0.15) is 18.1 Å². The molecule has 0 aliphatic carbocycles. The summed E-state index contributed by atoms with van der Waals surface area (Å²) in [4.78, 5) is 14.2. The maximum absolute atomic E-state index is 13.2. The average Bonchev–Trinajstić information content (AvgIpc) is 2.97. The highest BCUT2D eigenvalue weighted by Crippen LogP contribution is 2.34. The highest BCUT2D eigenvalue weighted by atomic mass is 79.9. The highest BCUT2D eigenvalue weighted by molar-refractivity contribution is 8.93. The molecule has 0 atom stereocenters. The first-order valence-corrected chi connectivity index (χ1v) is 7.66. The van der Waals surface area contributed by atoms with Crippen molar-refractivity contribution in [3.63, 3.8) is 0 Å². The SMILES string of the molecule is Br.Br.Fc1cc(Cl)c(/N=C2\NCCN2OCc2ccccn2)c(Cl)c1. The third kappa shape index (κ3) is 5.79. The van der Waals surface area contributed by atoms with Crippen LogP contribution in [0.4, 0.5) is 10.1 Å². The fraction of sp³-hybridized carbons (Fsp3) is 0.200. The standard InChI is InChI=1S/C15H13Cl2FN4O.2BrH/c16-12-7-10(18)8-13(17)14(12)21-15-20-5-6-22(15)23-9-11-3-1-2-4-19-11;;/h1-4,7-8H,5-6,9H2,(H,20,21);2*1H. The molecule has 1 aromatic heterocycles. The topological polar surface area (TPSA) is 49.8 Å². The Kier molecular flexibility index (Phi) is 9.09. The van der Waals surface area contributed by atoms with Gasteiger partial charge in [0.2, 0.25) is 5.96 Å². The molecule has 1 aliphatic heterocycles. The van der Waals surface area contributed by atoms with Crippen molar-refractivity contribution < 1.29 is 9.23 Å². The van der Waals surface area contributed by atoms with Gasteiger partial charge in [-0.25, -0.2) is 14.4 Å². The minimum absolute atomic E-state index is 0. The number of rotatable bonds is 4. The Balaban J connectivity index is 0.00000156. The normalized spacial score (nSPS) is 14.7. The van der Waals surface area contributed by atoms with E-state index >= 15 is 0 Å². The second-order valence-electron chi connectivity index (χ2n) is 4.78. The summed E-state index contributed by atoms with van der Waals surface area (Å²) in [7, 11) is 0. The second-order valence-corrected chi connectivity index (χ2v) is 5.59. The zero-order chi connectivity index (χ0) is 16.2. The van der Waals surface area contributed by atoms with Crippen LogP contribution in [0, 0.1) is 5.82 Å². The van der Waals surface area contributed by atoms with Crippen LogP contribution in [0.1, 0.15) is 5.69 Å². The average molecular weight is 517 g/mol. The Bertz CT molecular complexity index is 714. The zero-order valence-corrected chi connectivity index (χ0v) is 17.7. The van der Waals surface area contributed by atoms with E-state index in [4.69, 9.17) is 28.0 Å². The summed E-state index contributed by atoms with van der Waals surface area (Å²) in [5, 5.41) is 4.96. The third-order valence-electron chi connectivity index (χ3n) is 3.13. The molecule has 2 aromatic rings. The first kappa shape index (κ1) is 22.1. The maximum atomic E-state index is 13.2. The minimum Gasteiger partial charge on any atom is -0.352 e. The fourth-order valence-corrected chi connectivity index (χ4v) is 2.60. The van der Waals surface area contributed by atoms with Crippen molar-refractivity contribution in [2.75, 3.05) is 13.1 Å². The number of nitrogens with zero attached hydrogens (tertiary/aromatic N) is 3. The lowest BCUT2D eigenvalue weighted by Gasteiger charge is -2.17. The molecular formula is C15H15Br2Cl2FN4O. The number of halogens is 5. The molecule has 1 aromatic carbocycles. The number of hydrogen-bond donors (Lipinski definition) is 1. The number of aliphatic imine (C=N–C) groups is 1. The van der Waals surface area contributed by atoms with Gasteiger partial charge >= 0.3 is 0 Å². The van der Waals surface area contributed by atoms with Crippen molar-refractivity contribution >= 4 is 68.8 Å². The number of pyridine rings is 1. The monoisotopic (exact) mass is 514 g/mol. The molecule has 1 N–H and O–H groups in total. The zero-order valence-electron chi connectivity index (χ0n) is 12.8. The quantitative estimate of drug-likeness (QED) is 0.639. The number of nitrogens with one attached hydrogen (secondary N) is 1. The van der Waals surface area contributed by atoms with E-state index in [1.165, 1.54) is 12.1 Å². The van der Waals surface area contributed by atoms with Crippen LogP contribution >= 0.6 is 57.2 Å². The lowest BCUT2D eigenvalue weighted by molar-refractivity contribution is -0.103. The third-order valence-corrected chi connectivity index (χ3v) is 3.70. The number of hydrogen-bond acceptors (Lipinski definition) is 3. The Morgan fingerprint density at radius 3 is 2.60 bits per heavy atom. The Morgan fingerprint density at radius 1 is 1.24 bits per heavy atom. The van der Waals surface area contributed by atoms with Gasteiger partial charge < -0.3 is 5.32 Å². The Labute approximate surface area is 175 Å². The molecule has 5 nitrogen and oxygen atoms in total. The van der Waals surface area contributed by atoms with E-state index in [2.05, 4.69) is 15.3 Å². The van der Waals surface area contributed by atoms with Crippen LogP contribution in [0.2, 0.25) is 10.0 Å². The minimum atomic E-state index is -0.508. The summed E-state index contributed by atoms with van der Waals surface area (Å²) in [6.45, 7) is 1.59. The number of benzene rings is 1. The predicted octanol–water partition coefficient (Wildman–Crippen LogP) is 4.71. The van der Waals surface area contributed by atoms with Crippen LogP contribution in [-0.2, 0) is 11.4 Å². The molecule has 2 heterocycles. The molecule has 0 radical (unpaired) electrons. The van der Waals surface area contributed by atoms with Crippen molar-refractivity contribution in [2.45, 2.75) is 6.61 Å². The van der Waals surface area contributed by atoms with Crippen LogP contribution < -0.4 is 5.32 Å². The summed E-state index contributed by atoms with van der Waals surface area (Å²) >= 11 is 12.0. The van der Waals surface area contributed by atoms with E-state index in [0.29, 0.717) is 31.3 Å². The molecule has 0 unspecified atom stereocenters. The van der Waals surface area contributed by atoms with Gasteiger partial charge in [-0.15, -0.1) is 34.0 Å². The number of aromatic nitrogens is 1. The van der Waals surface area contributed by atoms with Gasteiger partial charge in [0.25, 0.3) is 0 Å². The van der Waals surface area contributed by atoms with E-state index < -0.39 is 5.82 Å². The summed E-state index contributed by atoms with van der Waals surface area (Å²) < 4.78 is 13.2. The van der Waals surface area contributed by atoms with Crippen molar-refractivity contribution in [3.05, 3.63) is 58.1 Å². The van der Waals surface area contributed by atoms with Crippen molar-refractivity contribution in [2.24, 2.45) is 4.99 Å². The summed E-state index contributed by atoms with van der Waals surface area (Å²) in [5.74, 6) is -0.0390. The van der Waals surface area contributed by atoms with Gasteiger partial charge in [-0.05, 0) is 24.3 Å². The van der Waals surface area contributed by atoms with Gasteiger partial charge in [0, 0.05) is 12.7 Å². The Morgan fingerprint density at radius 2 is 1.96 bits per heavy atom. The molecule has 0 bridgehead atoms. The Hall–Kier alpha value is -0.930. The second kappa shape index (κ2) is 10.3. The lowest BCUT2D eigenvalue weighted by Crippen LogP contribution is -2.30. The predicted molar refractivity (Wildman–Crippen MR) is 108 cm³/mol. The summed E-state index contributed by atoms with van der Waals surface area (Å²) in [6.07, 6.45) is 1.70. The van der Waals surface area contributed by atoms with E-state index in [9.17, 15) is 4.39 Å². The van der Waals surface area contributed by atoms with Gasteiger partial charge in [-0.3, -0.25) is 9.82 Å². The largest absolute Gasteiger partial charge is 0.352 e. The first-order chi connectivity index (χ1) is 11.1. The number of guanidine groups is 1. The van der Waals surface area contributed by atoms with E-state index in [0.717, 1.165) is 5.69 Å². The van der Waals surface area contributed by atoms with Gasteiger partial charge in [0.15, 0.2) is 0 Å². The molecule has 3 rings (SSSR count). The van der Waals surface area contributed by atoms with Crippen molar-refractivity contribution in [1.29, 1.82) is 0 Å². The van der Waals surface area contributed by atoms with Gasteiger partial charge in [-0.1, -0.05) is 29.3 Å². The molecule has 1 fully saturated rings.